The van der Waals surface area contributed by atoms with Gasteiger partial charge in [-0.1, -0.05) is 13.8 Å². The number of thiophene rings is 1. The fourth-order valence-corrected chi connectivity index (χ4v) is 5.51. The summed E-state index contributed by atoms with van der Waals surface area (Å²) in [4.78, 5) is 26.2. The molecule has 2 aliphatic rings. The van der Waals surface area contributed by atoms with Gasteiger partial charge in [0, 0.05) is 16.8 Å². The summed E-state index contributed by atoms with van der Waals surface area (Å²) in [5, 5.41) is 10.9. The van der Waals surface area contributed by atoms with Crippen molar-refractivity contribution in [3.05, 3.63) is 22.5 Å². The number of amides is 1. The fraction of sp³-hybridized carbons (Fsp3) is 0.667. The highest BCUT2D eigenvalue weighted by Gasteiger charge is 2.48. The summed E-state index contributed by atoms with van der Waals surface area (Å²) in [5.74, 6) is 1.08. The van der Waals surface area contributed by atoms with Crippen molar-refractivity contribution in [2.75, 3.05) is 6.54 Å². The molecule has 0 aromatic carbocycles. The van der Waals surface area contributed by atoms with Crippen LogP contribution in [0.3, 0.4) is 0 Å². The number of likely N-dealkylation sites (tertiary alicyclic amines) is 1. The predicted molar refractivity (Wildman–Crippen MR) is 108 cm³/mol. The van der Waals surface area contributed by atoms with Crippen molar-refractivity contribution in [1.29, 1.82) is 0 Å². The zero-order valence-electron chi connectivity index (χ0n) is 16.9. The molecule has 1 aliphatic carbocycles. The summed E-state index contributed by atoms with van der Waals surface area (Å²) >= 11 is 1.72. The summed E-state index contributed by atoms with van der Waals surface area (Å²) < 4.78 is 0. The van der Waals surface area contributed by atoms with Crippen LogP contribution in [0.25, 0.3) is 10.2 Å². The van der Waals surface area contributed by atoms with E-state index in [1.165, 1.54) is 30.6 Å². The first-order valence-electron chi connectivity index (χ1n) is 9.86. The van der Waals surface area contributed by atoms with E-state index in [9.17, 15) is 9.90 Å². The Kier molecular flexibility index (Phi) is 4.35. The van der Waals surface area contributed by atoms with E-state index >= 15 is 0 Å². The average molecular weight is 388 g/mol. The maximum Gasteiger partial charge on any atom is 0.273 e. The molecule has 27 heavy (non-hydrogen) atoms. The third-order valence-corrected chi connectivity index (χ3v) is 7.77. The number of fused-ring (bicyclic) bond motifs is 1. The standard InChI is InChI=1S/C21H29N3O2S/c1-12-22-17(19(26)24-11-16(25)21(24,4)5)14-10-15(27-18(14)23-12)13-6-8-20(2,3)9-7-13/h10,13,16,25H,6-9,11H2,1-5H3. The Hall–Kier alpha value is -1.53. The van der Waals surface area contributed by atoms with Gasteiger partial charge in [-0.15, -0.1) is 11.3 Å². The van der Waals surface area contributed by atoms with Crippen LogP contribution in [0.1, 0.15) is 80.5 Å². The number of aryl methyl sites for hydroxylation is 1. The molecule has 146 valence electrons. The van der Waals surface area contributed by atoms with E-state index in [-0.39, 0.29) is 5.91 Å². The van der Waals surface area contributed by atoms with Gasteiger partial charge in [0.15, 0.2) is 0 Å². The van der Waals surface area contributed by atoms with Crippen LogP contribution >= 0.6 is 11.3 Å². The molecule has 2 fully saturated rings. The Morgan fingerprint density at radius 1 is 1.22 bits per heavy atom. The van der Waals surface area contributed by atoms with Gasteiger partial charge in [-0.25, -0.2) is 9.97 Å². The molecular weight excluding hydrogens is 358 g/mol. The quantitative estimate of drug-likeness (QED) is 0.835. The number of nitrogens with zero attached hydrogens (tertiary/aromatic N) is 3. The largest absolute Gasteiger partial charge is 0.389 e. The van der Waals surface area contributed by atoms with Crippen LogP contribution in [0.2, 0.25) is 0 Å². The number of aliphatic hydroxyl groups excluding tert-OH is 1. The molecule has 1 amide bonds. The topological polar surface area (TPSA) is 66.3 Å². The Bertz CT molecular complexity index is 892. The Balaban J connectivity index is 1.68. The molecule has 2 aromatic heterocycles. The highest BCUT2D eigenvalue weighted by Crippen LogP contribution is 2.45. The van der Waals surface area contributed by atoms with E-state index < -0.39 is 11.6 Å². The Labute approximate surface area is 164 Å². The summed E-state index contributed by atoms with van der Waals surface area (Å²) in [6, 6.07) is 2.15. The zero-order valence-corrected chi connectivity index (χ0v) is 17.7. The lowest BCUT2D eigenvalue weighted by Gasteiger charge is -2.52. The first kappa shape index (κ1) is 18.8. The fourth-order valence-electron chi connectivity index (χ4n) is 4.27. The molecule has 5 nitrogen and oxygen atoms in total. The highest BCUT2D eigenvalue weighted by atomic mass is 32.1. The smallest absolute Gasteiger partial charge is 0.273 e. The van der Waals surface area contributed by atoms with Gasteiger partial charge in [-0.3, -0.25) is 4.79 Å². The van der Waals surface area contributed by atoms with Gasteiger partial charge >= 0.3 is 0 Å². The molecule has 0 bridgehead atoms. The van der Waals surface area contributed by atoms with E-state index in [2.05, 4.69) is 29.9 Å². The van der Waals surface area contributed by atoms with Crippen molar-refractivity contribution in [3.63, 3.8) is 0 Å². The van der Waals surface area contributed by atoms with Crippen LogP contribution in [0.5, 0.6) is 0 Å². The maximum atomic E-state index is 13.2. The molecule has 6 heteroatoms. The summed E-state index contributed by atoms with van der Waals surface area (Å²) in [5.41, 5.74) is 0.376. The zero-order chi connectivity index (χ0) is 19.6. The number of carbonyl (C=O) groups excluding carboxylic acids is 1. The van der Waals surface area contributed by atoms with Crippen LogP contribution in [0.15, 0.2) is 6.07 Å². The SMILES string of the molecule is Cc1nc(C(=O)N2CC(O)C2(C)C)c2cc(C3CCC(C)(C)CC3)sc2n1. The van der Waals surface area contributed by atoms with Crippen LogP contribution < -0.4 is 0 Å². The van der Waals surface area contributed by atoms with Crippen molar-refractivity contribution >= 4 is 27.5 Å². The number of aliphatic hydroxyl groups is 1. The van der Waals surface area contributed by atoms with Gasteiger partial charge in [0.1, 0.15) is 16.3 Å². The van der Waals surface area contributed by atoms with E-state index in [0.29, 0.717) is 29.4 Å². The van der Waals surface area contributed by atoms with Crippen molar-refractivity contribution in [1.82, 2.24) is 14.9 Å². The van der Waals surface area contributed by atoms with Crippen LogP contribution in [0, 0.1) is 12.3 Å². The van der Waals surface area contributed by atoms with Crippen molar-refractivity contribution in [2.45, 2.75) is 77.9 Å². The summed E-state index contributed by atoms with van der Waals surface area (Å²) in [6.45, 7) is 10.7. The van der Waals surface area contributed by atoms with Crippen molar-refractivity contribution in [3.8, 4) is 0 Å². The molecule has 1 atom stereocenters. The Morgan fingerprint density at radius 2 is 1.89 bits per heavy atom. The molecule has 0 radical (unpaired) electrons. The van der Waals surface area contributed by atoms with Gasteiger partial charge in [-0.05, 0) is 63.9 Å². The minimum Gasteiger partial charge on any atom is -0.389 e. The number of aromatic nitrogens is 2. The second-order valence-corrected chi connectivity index (χ2v) is 10.6. The minimum atomic E-state index is -0.546. The molecule has 4 rings (SSSR count). The molecule has 0 spiro atoms. The van der Waals surface area contributed by atoms with Gasteiger partial charge < -0.3 is 10.0 Å². The first-order valence-corrected chi connectivity index (χ1v) is 10.7. The molecule has 1 N–H and O–H groups in total. The highest BCUT2D eigenvalue weighted by molar-refractivity contribution is 7.18. The normalized spacial score (nSPS) is 24.8. The number of hydrogen-bond donors (Lipinski definition) is 1. The number of carbonyl (C=O) groups is 1. The third-order valence-electron chi connectivity index (χ3n) is 6.58. The van der Waals surface area contributed by atoms with E-state index in [0.717, 1.165) is 10.2 Å². The number of β-amino-alcohol motifs (C(OH)–C–C–N with tert-alkyl or cyclic N) is 1. The third kappa shape index (κ3) is 3.17. The van der Waals surface area contributed by atoms with E-state index in [4.69, 9.17) is 0 Å². The van der Waals surface area contributed by atoms with Gasteiger partial charge in [0.25, 0.3) is 5.91 Å². The molecule has 1 aliphatic heterocycles. The monoisotopic (exact) mass is 387 g/mol. The predicted octanol–water partition coefficient (Wildman–Crippen LogP) is 4.28. The average Bonchev–Trinajstić information content (AvgIpc) is 3.01. The summed E-state index contributed by atoms with van der Waals surface area (Å²) in [6.07, 6.45) is 4.38. The van der Waals surface area contributed by atoms with Gasteiger partial charge in [0.05, 0.1) is 11.6 Å². The lowest BCUT2D eigenvalue weighted by atomic mass is 9.73. The summed E-state index contributed by atoms with van der Waals surface area (Å²) in [7, 11) is 0. The second kappa shape index (κ2) is 6.24. The van der Waals surface area contributed by atoms with Crippen LogP contribution in [-0.2, 0) is 0 Å². The molecule has 3 heterocycles. The lowest BCUT2D eigenvalue weighted by molar-refractivity contribution is -0.0929. The van der Waals surface area contributed by atoms with E-state index in [1.54, 1.807) is 16.2 Å². The molecule has 2 aromatic rings. The van der Waals surface area contributed by atoms with Crippen molar-refractivity contribution < 1.29 is 9.90 Å². The first-order chi connectivity index (χ1) is 12.6. The molecule has 1 saturated carbocycles. The molecule has 1 saturated heterocycles. The number of hydrogen-bond acceptors (Lipinski definition) is 5. The minimum absolute atomic E-state index is 0.102. The van der Waals surface area contributed by atoms with Gasteiger partial charge in [-0.2, -0.15) is 0 Å². The lowest BCUT2D eigenvalue weighted by Crippen LogP contribution is -2.69. The second-order valence-electron chi connectivity index (χ2n) is 9.51. The van der Waals surface area contributed by atoms with Crippen molar-refractivity contribution in [2.24, 2.45) is 5.41 Å². The maximum absolute atomic E-state index is 13.2. The van der Waals surface area contributed by atoms with Crippen LogP contribution in [-0.4, -0.2) is 44.1 Å². The Morgan fingerprint density at radius 3 is 2.48 bits per heavy atom. The van der Waals surface area contributed by atoms with E-state index in [1.807, 2.05) is 20.8 Å². The number of rotatable bonds is 2. The van der Waals surface area contributed by atoms with Crippen LogP contribution in [0.4, 0.5) is 0 Å². The van der Waals surface area contributed by atoms with Gasteiger partial charge in [0.2, 0.25) is 0 Å². The molecule has 1 unspecified atom stereocenters. The molecular formula is C21H29N3O2S.